The maximum atomic E-state index is 12.3. The highest BCUT2D eigenvalue weighted by Crippen LogP contribution is 2.32. The van der Waals surface area contributed by atoms with Gasteiger partial charge in [0.15, 0.2) is 5.13 Å². The van der Waals surface area contributed by atoms with Gasteiger partial charge in [-0.15, -0.1) is 11.3 Å². The van der Waals surface area contributed by atoms with E-state index in [0.29, 0.717) is 10.9 Å². The summed E-state index contributed by atoms with van der Waals surface area (Å²) in [6, 6.07) is 18.3. The number of aromatic nitrogens is 2. The molecule has 0 fully saturated rings. The van der Waals surface area contributed by atoms with Gasteiger partial charge in [0.25, 0.3) is 0 Å². The Hall–Kier alpha value is -2.70. The Morgan fingerprint density at radius 3 is 2.66 bits per heavy atom. The Morgan fingerprint density at radius 1 is 1.03 bits per heavy atom. The van der Waals surface area contributed by atoms with Crippen LogP contribution in [0.1, 0.15) is 23.7 Å². The van der Waals surface area contributed by atoms with E-state index in [1.807, 2.05) is 47.8 Å². The Morgan fingerprint density at radius 2 is 1.86 bits per heavy atom. The van der Waals surface area contributed by atoms with Crippen LogP contribution in [0.2, 0.25) is 0 Å². The highest BCUT2D eigenvalue weighted by Gasteiger charge is 2.18. The van der Waals surface area contributed by atoms with E-state index >= 15 is 0 Å². The van der Waals surface area contributed by atoms with Gasteiger partial charge in [0, 0.05) is 23.4 Å². The molecule has 0 N–H and O–H groups in total. The third kappa shape index (κ3) is 4.33. The topological polar surface area (TPSA) is 46.1 Å². The monoisotopic (exact) mass is 419 g/mol. The quantitative estimate of drug-likeness (QED) is 0.357. The number of carbonyl (C=O) groups is 1. The van der Waals surface area contributed by atoms with Gasteiger partial charge in [0.1, 0.15) is 0 Å². The highest BCUT2D eigenvalue weighted by atomic mass is 32.2. The van der Waals surface area contributed by atoms with Gasteiger partial charge in [-0.2, -0.15) is 0 Å². The molecule has 0 aliphatic carbocycles. The van der Waals surface area contributed by atoms with Crippen LogP contribution in [-0.4, -0.2) is 15.9 Å². The first-order chi connectivity index (χ1) is 14.0. The van der Waals surface area contributed by atoms with Crippen molar-refractivity contribution in [3.05, 3.63) is 76.8 Å². The molecule has 0 atom stereocenters. The minimum atomic E-state index is -0.0435. The first-order valence-electron chi connectivity index (χ1n) is 9.32. The molecule has 29 heavy (non-hydrogen) atoms. The molecule has 0 radical (unpaired) electrons. The van der Waals surface area contributed by atoms with Crippen molar-refractivity contribution in [2.45, 2.75) is 31.6 Å². The van der Waals surface area contributed by atoms with Gasteiger partial charge in [0.05, 0.1) is 21.9 Å². The average molecular weight is 420 g/mol. The number of amides is 1. The van der Waals surface area contributed by atoms with Crippen molar-refractivity contribution in [2.75, 3.05) is 4.90 Å². The van der Waals surface area contributed by atoms with E-state index in [1.54, 1.807) is 23.6 Å². The van der Waals surface area contributed by atoms with Gasteiger partial charge in [0.2, 0.25) is 5.91 Å². The van der Waals surface area contributed by atoms with Crippen molar-refractivity contribution >= 4 is 50.7 Å². The van der Waals surface area contributed by atoms with E-state index in [4.69, 9.17) is 9.97 Å². The molecule has 1 amide bonds. The van der Waals surface area contributed by atoms with Crippen LogP contribution in [0.3, 0.4) is 0 Å². The fourth-order valence-electron chi connectivity index (χ4n) is 3.03. The highest BCUT2D eigenvalue weighted by molar-refractivity contribution is 7.98. The summed E-state index contributed by atoms with van der Waals surface area (Å²) in [7, 11) is 0. The smallest absolute Gasteiger partial charge is 0.230 e. The summed E-state index contributed by atoms with van der Waals surface area (Å²) in [5.41, 5.74) is 5.15. The summed E-state index contributed by atoms with van der Waals surface area (Å²) < 4.78 is 0. The third-order valence-corrected chi connectivity index (χ3v) is 6.57. The number of carbonyl (C=O) groups excluding carboxylic acids is 1. The molecule has 0 aliphatic heterocycles. The number of thiazole rings is 1. The molecule has 0 unspecified atom stereocenters. The lowest BCUT2D eigenvalue weighted by atomic mass is 10.1. The number of thioether (sulfide) groups is 1. The van der Waals surface area contributed by atoms with Crippen LogP contribution in [0.25, 0.3) is 10.9 Å². The second kappa shape index (κ2) is 8.35. The molecule has 0 saturated carbocycles. The summed E-state index contributed by atoms with van der Waals surface area (Å²) in [4.78, 5) is 23.4. The van der Waals surface area contributed by atoms with Gasteiger partial charge in [-0.05, 0) is 49.2 Å². The minimum Gasteiger partial charge on any atom is -0.274 e. The van der Waals surface area contributed by atoms with Crippen molar-refractivity contribution in [1.82, 2.24) is 9.97 Å². The zero-order valence-corrected chi connectivity index (χ0v) is 18.2. The second-order valence-electron chi connectivity index (χ2n) is 6.88. The number of nitrogens with zero attached hydrogens (tertiary/aromatic N) is 3. The number of para-hydroxylation sites is 1. The molecule has 146 valence electrons. The number of pyridine rings is 1. The predicted molar refractivity (Wildman–Crippen MR) is 122 cm³/mol. The van der Waals surface area contributed by atoms with Crippen LogP contribution in [0, 0.1) is 13.8 Å². The van der Waals surface area contributed by atoms with Crippen molar-refractivity contribution in [1.29, 1.82) is 0 Å². The van der Waals surface area contributed by atoms with E-state index in [1.165, 1.54) is 16.9 Å². The number of hydrogen-bond donors (Lipinski definition) is 0. The Balaban J connectivity index is 1.52. The second-order valence-corrected chi connectivity index (χ2v) is 8.71. The summed E-state index contributed by atoms with van der Waals surface area (Å²) in [5.74, 6) is 0.665. The van der Waals surface area contributed by atoms with Gasteiger partial charge in [-0.3, -0.25) is 9.69 Å². The minimum absolute atomic E-state index is 0.0435. The number of fused-ring (bicyclic) bond motifs is 1. The molecule has 2 aromatic heterocycles. The number of anilines is 2. The van der Waals surface area contributed by atoms with Gasteiger partial charge >= 0.3 is 0 Å². The average Bonchev–Trinajstić information content (AvgIpc) is 3.17. The van der Waals surface area contributed by atoms with E-state index in [2.05, 4.69) is 26.0 Å². The standard InChI is InChI=1S/C23H21N3OS2/c1-15-8-10-20(12-16(15)2)26(17(3)27)23-24-19(14-29-23)13-28-22-11-9-18-6-4-5-7-21(18)25-22/h4-12,14H,13H2,1-3H3. The molecular weight excluding hydrogens is 398 g/mol. The van der Waals surface area contributed by atoms with Crippen molar-refractivity contribution in [3.8, 4) is 0 Å². The first-order valence-corrected chi connectivity index (χ1v) is 11.2. The molecule has 2 heterocycles. The predicted octanol–water partition coefficient (Wildman–Crippen LogP) is 6.29. The van der Waals surface area contributed by atoms with Crippen LogP contribution in [-0.2, 0) is 10.5 Å². The van der Waals surface area contributed by atoms with Crippen LogP contribution in [0.5, 0.6) is 0 Å². The molecule has 4 rings (SSSR count). The Labute approximate surface area is 178 Å². The first kappa shape index (κ1) is 19.6. The van der Waals surface area contributed by atoms with Crippen LogP contribution in [0.15, 0.2) is 65.0 Å². The zero-order valence-electron chi connectivity index (χ0n) is 16.5. The van der Waals surface area contributed by atoms with Crippen LogP contribution in [0.4, 0.5) is 10.8 Å². The fourth-order valence-corrected chi connectivity index (χ4v) is 4.80. The summed E-state index contributed by atoms with van der Waals surface area (Å²) in [6.45, 7) is 5.69. The molecule has 6 heteroatoms. The van der Waals surface area contributed by atoms with Crippen molar-refractivity contribution in [2.24, 2.45) is 0 Å². The number of hydrogen-bond acceptors (Lipinski definition) is 5. The lowest BCUT2D eigenvalue weighted by molar-refractivity contribution is -0.115. The Kier molecular flexibility index (Phi) is 5.65. The van der Waals surface area contributed by atoms with Gasteiger partial charge in [-0.25, -0.2) is 9.97 Å². The number of aryl methyl sites for hydroxylation is 2. The van der Waals surface area contributed by atoms with Crippen molar-refractivity contribution < 1.29 is 4.79 Å². The summed E-state index contributed by atoms with van der Waals surface area (Å²) in [6.07, 6.45) is 0. The molecule has 4 nitrogen and oxygen atoms in total. The zero-order chi connectivity index (χ0) is 20.4. The van der Waals surface area contributed by atoms with E-state index in [9.17, 15) is 4.79 Å². The summed E-state index contributed by atoms with van der Waals surface area (Å²) in [5, 5.41) is 4.82. The van der Waals surface area contributed by atoms with Crippen LogP contribution < -0.4 is 4.90 Å². The van der Waals surface area contributed by atoms with Crippen LogP contribution >= 0.6 is 23.1 Å². The molecule has 0 bridgehead atoms. The number of rotatable bonds is 5. The third-order valence-electron chi connectivity index (χ3n) is 4.74. The lowest BCUT2D eigenvalue weighted by Gasteiger charge is -2.19. The normalized spacial score (nSPS) is 11.0. The van der Waals surface area contributed by atoms with E-state index < -0.39 is 0 Å². The molecule has 0 spiro atoms. The number of benzene rings is 2. The fraction of sp³-hybridized carbons (Fsp3) is 0.174. The Bertz CT molecular complexity index is 1190. The summed E-state index contributed by atoms with van der Waals surface area (Å²) >= 11 is 3.14. The molecule has 0 aliphatic rings. The SMILES string of the molecule is CC(=O)N(c1ccc(C)c(C)c1)c1nc(CSc2ccc3ccccc3n2)cs1. The molecular formula is C23H21N3OS2. The van der Waals surface area contributed by atoms with Gasteiger partial charge in [-0.1, -0.05) is 42.1 Å². The maximum Gasteiger partial charge on any atom is 0.230 e. The lowest BCUT2D eigenvalue weighted by Crippen LogP contribution is -2.22. The van der Waals surface area contributed by atoms with Crippen molar-refractivity contribution in [3.63, 3.8) is 0 Å². The molecule has 0 saturated heterocycles. The van der Waals surface area contributed by atoms with E-state index in [-0.39, 0.29) is 5.91 Å². The van der Waals surface area contributed by atoms with Gasteiger partial charge < -0.3 is 0 Å². The largest absolute Gasteiger partial charge is 0.274 e. The van der Waals surface area contributed by atoms with E-state index in [0.717, 1.165) is 32.9 Å². The maximum absolute atomic E-state index is 12.3. The molecule has 2 aromatic carbocycles. The molecule has 4 aromatic rings.